The van der Waals surface area contributed by atoms with Crippen molar-refractivity contribution in [1.82, 2.24) is 24.6 Å². The Morgan fingerprint density at radius 1 is 0.941 bits per heavy atom. The maximum absolute atomic E-state index is 12.9. The second kappa shape index (κ2) is 8.89. The molecule has 0 saturated carbocycles. The van der Waals surface area contributed by atoms with Crippen LogP contribution in [0.2, 0.25) is 0 Å². The summed E-state index contributed by atoms with van der Waals surface area (Å²) in [7, 11) is 0. The highest BCUT2D eigenvalue weighted by molar-refractivity contribution is 5.95. The average Bonchev–Trinajstić information content (AvgIpc) is 3.24. The molecule has 0 radical (unpaired) electrons. The fourth-order valence-corrected chi connectivity index (χ4v) is 4.51. The van der Waals surface area contributed by atoms with E-state index in [1.807, 2.05) is 70.1 Å². The smallest absolute Gasteiger partial charge is 0.253 e. The van der Waals surface area contributed by atoms with E-state index >= 15 is 0 Å². The summed E-state index contributed by atoms with van der Waals surface area (Å²) in [5, 5.41) is 12.5. The van der Waals surface area contributed by atoms with Gasteiger partial charge in [0.2, 0.25) is 0 Å². The summed E-state index contributed by atoms with van der Waals surface area (Å²) >= 11 is 0. The molecule has 0 aliphatic carbocycles. The number of rotatable bonds is 2. The largest absolute Gasteiger partial charge is 0.339 e. The van der Waals surface area contributed by atoms with Gasteiger partial charge in [0.15, 0.2) is 17.5 Å². The number of likely N-dealkylation sites (tertiary alicyclic amines) is 1. The van der Waals surface area contributed by atoms with E-state index in [2.05, 4.69) is 20.5 Å². The van der Waals surface area contributed by atoms with E-state index in [0.29, 0.717) is 24.5 Å². The first-order chi connectivity index (χ1) is 16.2. The predicted octanol–water partition coefficient (Wildman–Crippen LogP) is 4.04. The molecule has 2 aromatic carbocycles. The number of nitrogens with zero attached hydrogens (tertiary/aromatic N) is 5. The maximum Gasteiger partial charge on any atom is 0.253 e. The highest BCUT2D eigenvalue weighted by Gasteiger charge is 2.26. The lowest BCUT2D eigenvalue weighted by molar-refractivity contribution is 0.0715. The third kappa shape index (κ3) is 3.70. The molecule has 1 fully saturated rings. The van der Waals surface area contributed by atoms with E-state index < -0.39 is 0 Å². The molecule has 0 bridgehead atoms. The Hall–Kier alpha value is -3.75. The number of anilines is 2. The number of para-hydroxylation sites is 1. The number of hydrogen-bond acceptors (Lipinski definition) is 6. The van der Waals surface area contributed by atoms with Gasteiger partial charge in [-0.05, 0) is 49.2 Å². The number of amides is 1. The summed E-state index contributed by atoms with van der Waals surface area (Å²) in [5.41, 5.74) is 10.3. The van der Waals surface area contributed by atoms with Gasteiger partial charge in [-0.3, -0.25) is 9.36 Å². The number of aromatic nitrogens is 4. The molecule has 2 aliphatic heterocycles. The summed E-state index contributed by atoms with van der Waals surface area (Å²) in [5.74, 6) is 2.21. The summed E-state index contributed by atoms with van der Waals surface area (Å²) in [6.45, 7) is 1.41. The number of benzene rings is 2. The van der Waals surface area contributed by atoms with Crippen LogP contribution in [0.4, 0.5) is 11.5 Å². The van der Waals surface area contributed by atoms with Crippen molar-refractivity contribution in [3.8, 4) is 28.5 Å². The van der Waals surface area contributed by atoms with E-state index in [4.69, 9.17) is 5.73 Å². The molecular formula is C25H24ClN7O. The fraction of sp³-hybridized carbons (Fsp3) is 0.200. The number of carbonyl (C=O) groups is 1. The molecule has 172 valence electrons. The fourth-order valence-electron chi connectivity index (χ4n) is 4.51. The number of carbonyl (C=O) groups excluding carboxylic acids is 1. The minimum Gasteiger partial charge on any atom is -0.339 e. The third-order valence-electron chi connectivity index (χ3n) is 6.33. The van der Waals surface area contributed by atoms with Crippen molar-refractivity contribution in [3.63, 3.8) is 0 Å². The summed E-state index contributed by atoms with van der Waals surface area (Å²) < 4.78 is 2.02. The van der Waals surface area contributed by atoms with Gasteiger partial charge in [0.05, 0.1) is 11.4 Å². The van der Waals surface area contributed by atoms with Gasteiger partial charge in [-0.15, -0.1) is 22.6 Å². The van der Waals surface area contributed by atoms with Gasteiger partial charge >= 0.3 is 0 Å². The monoisotopic (exact) mass is 473 g/mol. The SMILES string of the molecule is Cl.NC1CCN(C(=O)c2ccc(-c3nnc4n3-c3cccnc3Nc3ccccc3-4)cc2)CC1. The number of fused-ring (bicyclic) bond motifs is 5. The van der Waals surface area contributed by atoms with E-state index in [-0.39, 0.29) is 24.4 Å². The predicted molar refractivity (Wildman–Crippen MR) is 134 cm³/mol. The van der Waals surface area contributed by atoms with Crippen LogP contribution in [0.1, 0.15) is 23.2 Å². The van der Waals surface area contributed by atoms with E-state index in [1.165, 1.54) is 0 Å². The normalized spacial score (nSPS) is 14.7. The molecule has 2 aromatic heterocycles. The van der Waals surface area contributed by atoms with Crippen LogP contribution in [-0.2, 0) is 0 Å². The van der Waals surface area contributed by atoms with E-state index in [9.17, 15) is 4.79 Å². The lowest BCUT2D eigenvalue weighted by Gasteiger charge is -2.30. The molecule has 0 atom stereocenters. The first kappa shape index (κ1) is 22.1. The Labute approximate surface area is 203 Å². The zero-order valence-corrected chi connectivity index (χ0v) is 19.2. The topological polar surface area (TPSA) is 102 Å². The van der Waals surface area contributed by atoms with Crippen LogP contribution in [0.3, 0.4) is 0 Å². The third-order valence-corrected chi connectivity index (χ3v) is 6.33. The highest BCUT2D eigenvalue weighted by Crippen LogP contribution is 2.38. The number of piperidine rings is 1. The van der Waals surface area contributed by atoms with Crippen molar-refractivity contribution in [2.75, 3.05) is 18.4 Å². The van der Waals surface area contributed by atoms with Crippen LogP contribution in [0.25, 0.3) is 28.5 Å². The van der Waals surface area contributed by atoms with Crippen molar-refractivity contribution in [1.29, 1.82) is 0 Å². The molecule has 8 nitrogen and oxygen atoms in total. The number of halogens is 1. The lowest BCUT2D eigenvalue weighted by atomic mass is 10.0. The molecule has 6 rings (SSSR count). The van der Waals surface area contributed by atoms with Crippen LogP contribution >= 0.6 is 12.4 Å². The van der Waals surface area contributed by atoms with Gasteiger partial charge in [0, 0.05) is 42.0 Å². The van der Waals surface area contributed by atoms with Crippen LogP contribution in [-0.4, -0.2) is 49.7 Å². The minimum absolute atomic E-state index is 0. The molecule has 9 heteroatoms. The van der Waals surface area contributed by atoms with Gasteiger partial charge in [-0.25, -0.2) is 4.98 Å². The first-order valence-electron chi connectivity index (χ1n) is 11.1. The van der Waals surface area contributed by atoms with Crippen LogP contribution in [0.15, 0.2) is 66.9 Å². The van der Waals surface area contributed by atoms with Crippen LogP contribution < -0.4 is 11.1 Å². The molecule has 1 saturated heterocycles. The quantitative estimate of drug-likeness (QED) is 0.401. The van der Waals surface area contributed by atoms with Crippen LogP contribution in [0.5, 0.6) is 0 Å². The number of nitrogens with one attached hydrogen (secondary N) is 1. The molecule has 0 spiro atoms. The molecular weight excluding hydrogens is 450 g/mol. The molecule has 2 aliphatic rings. The first-order valence-corrected chi connectivity index (χ1v) is 11.1. The maximum atomic E-state index is 12.9. The molecule has 4 aromatic rings. The second-order valence-electron chi connectivity index (χ2n) is 8.43. The Kier molecular flexibility index (Phi) is 5.77. The van der Waals surface area contributed by atoms with Crippen molar-refractivity contribution in [2.24, 2.45) is 5.73 Å². The Bertz CT molecular complexity index is 1340. The number of nitrogens with two attached hydrogens (primary N) is 1. The Morgan fingerprint density at radius 2 is 1.68 bits per heavy atom. The van der Waals surface area contributed by atoms with Crippen molar-refractivity contribution in [2.45, 2.75) is 18.9 Å². The van der Waals surface area contributed by atoms with Gasteiger partial charge in [-0.1, -0.05) is 24.3 Å². The zero-order valence-electron chi connectivity index (χ0n) is 18.4. The zero-order chi connectivity index (χ0) is 22.4. The summed E-state index contributed by atoms with van der Waals surface area (Å²) in [6, 6.07) is 19.7. The second-order valence-corrected chi connectivity index (χ2v) is 8.43. The number of hydrogen-bond donors (Lipinski definition) is 2. The molecule has 4 heterocycles. The summed E-state index contributed by atoms with van der Waals surface area (Å²) in [6.07, 6.45) is 3.45. The van der Waals surface area contributed by atoms with Gasteiger partial charge < -0.3 is 16.0 Å². The minimum atomic E-state index is 0. The Morgan fingerprint density at radius 3 is 2.47 bits per heavy atom. The van der Waals surface area contributed by atoms with Gasteiger partial charge in [0.25, 0.3) is 5.91 Å². The average molecular weight is 474 g/mol. The standard InChI is InChI=1S/C25H23N7O.ClH/c26-18-11-14-31(15-12-18)25(33)17-9-7-16(8-10-17)23-29-30-24-19-4-1-2-5-20(19)28-22-21(32(23)24)6-3-13-27-22;/h1-10,13,18H,11-12,14-15,26H2,(H,27,28);1H. The van der Waals surface area contributed by atoms with Crippen molar-refractivity contribution < 1.29 is 4.79 Å². The Balaban J connectivity index is 0.00000241. The molecule has 0 unspecified atom stereocenters. The highest BCUT2D eigenvalue weighted by atomic mass is 35.5. The van der Waals surface area contributed by atoms with Crippen molar-refractivity contribution >= 4 is 29.8 Å². The van der Waals surface area contributed by atoms with Crippen LogP contribution in [0, 0.1) is 0 Å². The molecule has 34 heavy (non-hydrogen) atoms. The van der Waals surface area contributed by atoms with Crippen molar-refractivity contribution in [3.05, 3.63) is 72.4 Å². The number of pyridine rings is 1. The lowest BCUT2D eigenvalue weighted by Crippen LogP contribution is -2.42. The summed E-state index contributed by atoms with van der Waals surface area (Å²) in [4.78, 5) is 19.3. The molecule has 3 N–H and O–H groups in total. The van der Waals surface area contributed by atoms with Gasteiger partial charge in [-0.2, -0.15) is 0 Å². The molecule has 1 amide bonds. The van der Waals surface area contributed by atoms with E-state index in [0.717, 1.165) is 47.0 Å². The van der Waals surface area contributed by atoms with Gasteiger partial charge in [0.1, 0.15) is 0 Å². The van der Waals surface area contributed by atoms with E-state index in [1.54, 1.807) is 6.20 Å².